The molecule has 0 aliphatic carbocycles. The number of carbonyl (C=O) groups is 3. The molecule has 8 heteroatoms. The van der Waals surface area contributed by atoms with Crippen LogP contribution in [0.15, 0.2) is 52.3 Å². The van der Waals surface area contributed by atoms with Crippen molar-refractivity contribution in [2.75, 3.05) is 38.1 Å². The van der Waals surface area contributed by atoms with Crippen molar-refractivity contribution in [3.63, 3.8) is 0 Å². The maximum absolute atomic E-state index is 13.0. The summed E-state index contributed by atoms with van der Waals surface area (Å²) in [6.45, 7) is 5.89. The highest BCUT2D eigenvalue weighted by Gasteiger charge is 2.27. The molecule has 0 spiro atoms. The lowest BCUT2D eigenvalue weighted by atomic mass is 10.1. The maximum atomic E-state index is 13.0. The van der Waals surface area contributed by atoms with Crippen molar-refractivity contribution in [1.29, 1.82) is 0 Å². The van der Waals surface area contributed by atoms with Gasteiger partial charge in [-0.05, 0) is 43.7 Å². The Bertz CT molecular complexity index is 1070. The number of carbonyl (C=O) groups excluding carboxylic acids is 3. The molecule has 0 unspecified atom stereocenters. The van der Waals surface area contributed by atoms with Gasteiger partial charge in [-0.3, -0.25) is 9.59 Å². The van der Waals surface area contributed by atoms with E-state index < -0.39 is 0 Å². The number of piperazine rings is 1. The van der Waals surface area contributed by atoms with E-state index in [-0.39, 0.29) is 17.9 Å². The van der Waals surface area contributed by atoms with Gasteiger partial charge >= 0.3 is 6.09 Å². The number of nitrogens with one attached hydrogen (secondary N) is 1. The van der Waals surface area contributed by atoms with Crippen LogP contribution < -0.4 is 5.32 Å². The molecule has 0 atom stereocenters. The molecule has 1 saturated heterocycles. The lowest BCUT2D eigenvalue weighted by Crippen LogP contribution is -2.50. The van der Waals surface area contributed by atoms with Gasteiger partial charge in [0.25, 0.3) is 11.8 Å². The molecule has 166 valence electrons. The van der Waals surface area contributed by atoms with E-state index in [1.165, 1.54) is 11.8 Å². The van der Waals surface area contributed by atoms with Crippen molar-refractivity contribution in [2.45, 2.75) is 18.7 Å². The molecule has 3 amide bonds. The van der Waals surface area contributed by atoms with Crippen molar-refractivity contribution in [3.05, 3.63) is 64.1 Å². The summed E-state index contributed by atoms with van der Waals surface area (Å²) in [6.07, 6.45) is 1.52. The van der Waals surface area contributed by atoms with Gasteiger partial charge in [-0.25, -0.2) is 4.79 Å². The number of anilines is 1. The normalized spacial score (nSPS) is 17.1. The SMILES string of the molecule is CCOC(=O)N1CCN(C(=O)c2ccc3c(c2)NC(=O)C(=Cc2ccc(C)cc2)S3)CC1. The molecule has 1 N–H and O–H groups in total. The number of hydrogen-bond acceptors (Lipinski definition) is 5. The van der Waals surface area contributed by atoms with Crippen LogP contribution in [0.4, 0.5) is 10.5 Å². The number of aryl methyl sites for hydroxylation is 1. The first-order chi connectivity index (χ1) is 15.4. The third-order valence-electron chi connectivity index (χ3n) is 5.39. The second kappa shape index (κ2) is 9.48. The average molecular weight is 452 g/mol. The highest BCUT2D eigenvalue weighted by Crippen LogP contribution is 2.39. The molecule has 0 saturated carbocycles. The van der Waals surface area contributed by atoms with Gasteiger partial charge < -0.3 is 19.9 Å². The fraction of sp³-hybridized carbons (Fsp3) is 0.292. The topological polar surface area (TPSA) is 79.0 Å². The molecular formula is C24H25N3O4S. The van der Waals surface area contributed by atoms with E-state index in [2.05, 4.69) is 5.32 Å². The van der Waals surface area contributed by atoms with Gasteiger partial charge in [0.15, 0.2) is 0 Å². The second-order valence-corrected chi connectivity index (χ2v) is 8.75. The summed E-state index contributed by atoms with van der Waals surface area (Å²) in [5.74, 6) is -0.299. The van der Waals surface area contributed by atoms with E-state index in [1.807, 2.05) is 43.3 Å². The van der Waals surface area contributed by atoms with Crippen LogP contribution in [0.25, 0.3) is 6.08 Å². The van der Waals surface area contributed by atoms with E-state index >= 15 is 0 Å². The largest absolute Gasteiger partial charge is 0.450 e. The van der Waals surface area contributed by atoms with Crippen molar-refractivity contribution in [2.24, 2.45) is 0 Å². The van der Waals surface area contributed by atoms with Gasteiger partial charge in [0, 0.05) is 36.6 Å². The zero-order valence-electron chi connectivity index (χ0n) is 18.1. The van der Waals surface area contributed by atoms with Gasteiger partial charge in [0.2, 0.25) is 0 Å². The van der Waals surface area contributed by atoms with Gasteiger partial charge in [-0.2, -0.15) is 0 Å². The Balaban J connectivity index is 1.44. The maximum Gasteiger partial charge on any atom is 0.409 e. The molecule has 2 aliphatic rings. The summed E-state index contributed by atoms with van der Waals surface area (Å²) in [7, 11) is 0. The monoisotopic (exact) mass is 451 g/mol. The van der Waals surface area contributed by atoms with Crippen molar-refractivity contribution in [1.82, 2.24) is 9.80 Å². The van der Waals surface area contributed by atoms with Gasteiger partial charge in [-0.15, -0.1) is 0 Å². The van der Waals surface area contributed by atoms with Crippen LogP contribution in [0.2, 0.25) is 0 Å². The molecule has 0 bridgehead atoms. The van der Waals surface area contributed by atoms with E-state index in [0.717, 1.165) is 16.0 Å². The Morgan fingerprint density at radius 1 is 1.06 bits per heavy atom. The van der Waals surface area contributed by atoms with Crippen LogP contribution in [-0.2, 0) is 9.53 Å². The fourth-order valence-corrected chi connectivity index (χ4v) is 4.53. The van der Waals surface area contributed by atoms with Crippen LogP contribution >= 0.6 is 11.8 Å². The Morgan fingerprint density at radius 2 is 1.75 bits per heavy atom. The molecular weight excluding hydrogens is 426 g/mol. The molecule has 2 heterocycles. The number of ether oxygens (including phenoxy) is 1. The first kappa shape index (κ1) is 22.0. The van der Waals surface area contributed by atoms with Crippen molar-refractivity contribution in [3.8, 4) is 0 Å². The summed E-state index contributed by atoms with van der Waals surface area (Å²) in [6, 6.07) is 13.4. The summed E-state index contributed by atoms with van der Waals surface area (Å²) < 4.78 is 5.02. The van der Waals surface area contributed by atoms with Crippen LogP contribution in [0.3, 0.4) is 0 Å². The molecule has 2 aromatic rings. The quantitative estimate of drug-likeness (QED) is 0.714. The number of amides is 3. The third-order valence-corrected chi connectivity index (χ3v) is 6.49. The molecule has 2 aliphatic heterocycles. The summed E-state index contributed by atoms with van der Waals surface area (Å²) in [5.41, 5.74) is 3.28. The minimum atomic E-state index is -0.345. The smallest absolute Gasteiger partial charge is 0.409 e. The highest BCUT2D eigenvalue weighted by molar-refractivity contribution is 8.04. The fourth-order valence-electron chi connectivity index (χ4n) is 3.60. The summed E-state index contributed by atoms with van der Waals surface area (Å²) in [5, 5.41) is 2.91. The van der Waals surface area contributed by atoms with Gasteiger partial charge in [0.1, 0.15) is 0 Å². The van der Waals surface area contributed by atoms with Crippen molar-refractivity contribution < 1.29 is 19.1 Å². The Morgan fingerprint density at radius 3 is 2.44 bits per heavy atom. The molecule has 0 aromatic heterocycles. The van der Waals surface area contributed by atoms with E-state index in [4.69, 9.17) is 4.74 Å². The number of hydrogen-bond donors (Lipinski definition) is 1. The highest BCUT2D eigenvalue weighted by atomic mass is 32.2. The number of fused-ring (bicyclic) bond motifs is 1. The molecule has 4 rings (SSSR count). The summed E-state index contributed by atoms with van der Waals surface area (Å²) >= 11 is 1.39. The van der Waals surface area contributed by atoms with Gasteiger partial charge in [-0.1, -0.05) is 41.6 Å². The van der Waals surface area contributed by atoms with Crippen LogP contribution in [0.5, 0.6) is 0 Å². The minimum Gasteiger partial charge on any atom is -0.450 e. The third kappa shape index (κ3) is 4.80. The van der Waals surface area contributed by atoms with Gasteiger partial charge in [0.05, 0.1) is 17.2 Å². The first-order valence-corrected chi connectivity index (χ1v) is 11.4. The minimum absolute atomic E-state index is 0.114. The molecule has 7 nitrogen and oxygen atoms in total. The van der Waals surface area contributed by atoms with Crippen LogP contribution in [-0.4, -0.2) is 60.5 Å². The zero-order valence-corrected chi connectivity index (χ0v) is 18.9. The molecule has 0 radical (unpaired) electrons. The second-order valence-electron chi connectivity index (χ2n) is 7.66. The lowest BCUT2D eigenvalue weighted by molar-refractivity contribution is -0.112. The summed E-state index contributed by atoms with van der Waals surface area (Å²) in [4.78, 5) is 42.3. The van der Waals surface area contributed by atoms with E-state index in [9.17, 15) is 14.4 Å². The Kier molecular flexibility index (Phi) is 6.50. The molecule has 1 fully saturated rings. The standard InChI is InChI=1S/C24H25N3O4S/c1-3-31-24(30)27-12-10-26(11-13-27)23(29)18-8-9-20-19(15-18)25-22(28)21(32-20)14-17-6-4-16(2)5-7-17/h4-9,14-15H,3,10-13H2,1-2H3,(H,25,28). The predicted molar refractivity (Wildman–Crippen MR) is 125 cm³/mol. The average Bonchev–Trinajstić information content (AvgIpc) is 2.80. The van der Waals surface area contributed by atoms with E-state index in [0.29, 0.717) is 48.9 Å². The predicted octanol–water partition coefficient (Wildman–Crippen LogP) is 3.99. The van der Waals surface area contributed by atoms with Crippen LogP contribution in [0, 0.1) is 6.92 Å². The number of benzene rings is 2. The number of rotatable bonds is 3. The van der Waals surface area contributed by atoms with E-state index in [1.54, 1.807) is 28.9 Å². The Labute approximate surface area is 191 Å². The molecule has 2 aromatic carbocycles. The molecule has 32 heavy (non-hydrogen) atoms. The van der Waals surface area contributed by atoms with Crippen molar-refractivity contribution >= 4 is 41.4 Å². The zero-order chi connectivity index (χ0) is 22.7. The number of nitrogens with zero attached hydrogens (tertiary/aromatic N) is 2. The van der Waals surface area contributed by atoms with Crippen LogP contribution in [0.1, 0.15) is 28.4 Å². The Hall–Kier alpha value is -3.26. The first-order valence-electron chi connectivity index (χ1n) is 10.6. The lowest BCUT2D eigenvalue weighted by Gasteiger charge is -2.34. The number of thioether (sulfide) groups is 1.